The molecule has 0 saturated carbocycles. The van der Waals surface area contributed by atoms with Crippen molar-refractivity contribution in [3.05, 3.63) is 34.1 Å². The number of benzene rings is 1. The van der Waals surface area contributed by atoms with E-state index in [0.29, 0.717) is 36.1 Å². The van der Waals surface area contributed by atoms with Gasteiger partial charge in [0.25, 0.3) is 0 Å². The fourth-order valence-electron chi connectivity index (χ4n) is 1.48. The van der Waals surface area contributed by atoms with Crippen molar-refractivity contribution in [1.29, 1.82) is 0 Å². The molecule has 94 valence electrons. The molecule has 1 aromatic carbocycles. The Morgan fingerprint density at radius 3 is 2.88 bits per heavy atom. The van der Waals surface area contributed by atoms with Gasteiger partial charge in [-0.3, -0.25) is 4.79 Å². The summed E-state index contributed by atoms with van der Waals surface area (Å²) in [6.45, 7) is 3.17. The molecule has 0 atom stereocenters. The molecule has 2 nitrogen and oxygen atoms in total. The zero-order valence-corrected chi connectivity index (χ0v) is 11.4. The van der Waals surface area contributed by atoms with Crippen molar-refractivity contribution in [3.63, 3.8) is 0 Å². The number of halogens is 2. The first kappa shape index (κ1) is 14.3. The van der Waals surface area contributed by atoms with Crippen molar-refractivity contribution in [2.75, 3.05) is 13.2 Å². The monoisotopic (exact) mass is 302 g/mol. The molecular weight excluding hydrogens is 287 g/mol. The van der Waals surface area contributed by atoms with Crippen molar-refractivity contribution in [3.8, 4) is 0 Å². The van der Waals surface area contributed by atoms with E-state index in [4.69, 9.17) is 4.74 Å². The molecule has 1 aromatic rings. The first-order valence-corrected chi connectivity index (χ1v) is 6.46. The lowest BCUT2D eigenvalue weighted by Gasteiger charge is -2.04. The topological polar surface area (TPSA) is 26.3 Å². The van der Waals surface area contributed by atoms with Crippen LogP contribution in [-0.2, 0) is 16.0 Å². The second-order valence-electron chi connectivity index (χ2n) is 3.75. The molecule has 0 unspecified atom stereocenters. The van der Waals surface area contributed by atoms with E-state index in [2.05, 4.69) is 15.9 Å². The third kappa shape index (κ3) is 5.41. The Morgan fingerprint density at radius 1 is 1.47 bits per heavy atom. The zero-order valence-electron chi connectivity index (χ0n) is 9.84. The summed E-state index contributed by atoms with van der Waals surface area (Å²) in [6, 6.07) is 4.76. The smallest absolute Gasteiger partial charge is 0.137 e. The lowest BCUT2D eigenvalue weighted by Crippen LogP contribution is -2.06. The lowest BCUT2D eigenvalue weighted by molar-refractivity contribution is -0.118. The number of ketones is 1. The van der Waals surface area contributed by atoms with Gasteiger partial charge in [0.2, 0.25) is 0 Å². The molecule has 0 aliphatic carbocycles. The molecule has 0 saturated heterocycles. The maximum atomic E-state index is 13.4. The van der Waals surface area contributed by atoms with Crippen molar-refractivity contribution in [2.45, 2.75) is 26.2 Å². The number of hydrogen-bond acceptors (Lipinski definition) is 2. The molecule has 0 bridgehead atoms. The lowest BCUT2D eigenvalue weighted by atomic mass is 10.1. The van der Waals surface area contributed by atoms with Gasteiger partial charge in [0, 0.05) is 30.5 Å². The molecule has 0 heterocycles. The summed E-state index contributed by atoms with van der Waals surface area (Å²) >= 11 is 3.18. The minimum atomic E-state index is -0.336. The van der Waals surface area contributed by atoms with Gasteiger partial charge >= 0.3 is 0 Å². The molecule has 0 spiro atoms. The number of ether oxygens (including phenoxy) is 1. The van der Waals surface area contributed by atoms with E-state index in [1.54, 1.807) is 12.1 Å². The minimum absolute atomic E-state index is 0.0472. The Kier molecular flexibility index (Phi) is 6.37. The van der Waals surface area contributed by atoms with Gasteiger partial charge < -0.3 is 4.74 Å². The highest BCUT2D eigenvalue weighted by atomic mass is 79.9. The summed E-state index contributed by atoms with van der Waals surface area (Å²) < 4.78 is 19.3. The SMILES string of the molecule is CCOCCCC(=O)Cc1ccc(Br)cc1F. The predicted molar refractivity (Wildman–Crippen MR) is 68.5 cm³/mol. The van der Waals surface area contributed by atoms with E-state index in [1.807, 2.05) is 6.92 Å². The Balaban J connectivity index is 2.40. The largest absolute Gasteiger partial charge is 0.382 e. The van der Waals surface area contributed by atoms with Crippen LogP contribution in [0.4, 0.5) is 4.39 Å². The van der Waals surface area contributed by atoms with Crippen LogP contribution in [0, 0.1) is 5.82 Å². The number of carbonyl (C=O) groups is 1. The molecule has 17 heavy (non-hydrogen) atoms. The molecule has 0 fully saturated rings. The number of Topliss-reactive ketones (excluding diaryl/α,β-unsaturated/α-hetero) is 1. The molecule has 0 aliphatic heterocycles. The van der Waals surface area contributed by atoms with Crippen LogP contribution < -0.4 is 0 Å². The van der Waals surface area contributed by atoms with Crippen LogP contribution in [0.2, 0.25) is 0 Å². The summed E-state index contributed by atoms with van der Waals surface area (Å²) in [4.78, 5) is 11.6. The highest BCUT2D eigenvalue weighted by Crippen LogP contribution is 2.16. The van der Waals surface area contributed by atoms with Crippen LogP contribution in [0.1, 0.15) is 25.3 Å². The average Bonchev–Trinajstić information content (AvgIpc) is 2.28. The van der Waals surface area contributed by atoms with Gasteiger partial charge in [-0.05, 0) is 31.0 Å². The standard InChI is InChI=1S/C13H16BrFO2/c1-2-17-7-3-4-12(16)8-10-5-6-11(14)9-13(10)15/h5-6,9H,2-4,7-8H2,1H3. The summed E-state index contributed by atoms with van der Waals surface area (Å²) in [7, 11) is 0. The summed E-state index contributed by atoms with van der Waals surface area (Å²) in [5.74, 6) is -0.288. The van der Waals surface area contributed by atoms with Gasteiger partial charge in [-0.2, -0.15) is 0 Å². The number of hydrogen-bond donors (Lipinski definition) is 0. The first-order valence-electron chi connectivity index (χ1n) is 5.67. The first-order chi connectivity index (χ1) is 8.13. The Bertz CT molecular complexity index is 380. The molecular formula is C13H16BrFO2. The van der Waals surface area contributed by atoms with E-state index in [1.165, 1.54) is 6.07 Å². The van der Waals surface area contributed by atoms with Gasteiger partial charge in [-0.1, -0.05) is 22.0 Å². The Labute approximate surface area is 109 Å². The third-order valence-corrected chi connectivity index (χ3v) is 2.84. The number of rotatable bonds is 7. The molecule has 0 aliphatic rings. The van der Waals surface area contributed by atoms with E-state index < -0.39 is 0 Å². The van der Waals surface area contributed by atoms with E-state index in [-0.39, 0.29) is 18.0 Å². The van der Waals surface area contributed by atoms with Crippen LogP contribution in [0.5, 0.6) is 0 Å². The predicted octanol–water partition coefficient (Wildman–Crippen LogP) is 3.52. The maximum absolute atomic E-state index is 13.4. The van der Waals surface area contributed by atoms with Crippen molar-refractivity contribution in [1.82, 2.24) is 0 Å². The van der Waals surface area contributed by atoms with E-state index in [9.17, 15) is 9.18 Å². The van der Waals surface area contributed by atoms with Gasteiger partial charge in [0.1, 0.15) is 11.6 Å². The molecule has 0 radical (unpaired) electrons. The van der Waals surface area contributed by atoms with Gasteiger partial charge in [0.05, 0.1) is 0 Å². The third-order valence-electron chi connectivity index (χ3n) is 2.35. The fraction of sp³-hybridized carbons (Fsp3) is 0.462. The Morgan fingerprint density at radius 2 is 2.24 bits per heavy atom. The maximum Gasteiger partial charge on any atom is 0.137 e. The van der Waals surface area contributed by atoms with Gasteiger partial charge in [-0.25, -0.2) is 4.39 Å². The molecule has 1 rings (SSSR count). The average molecular weight is 303 g/mol. The fourth-order valence-corrected chi connectivity index (χ4v) is 1.81. The molecule has 0 aromatic heterocycles. The van der Waals surface area contributed by atoms with Crippen LogP contribution in [-0.4, -0.2) is 19.0 Å². The summed E-state index contributed by atoms with van der Waals surface area (Å²) in [5.41, 5.74) is 0.453. The normalized spacial score (nSPS) is 10.5. The highest BCUT2D eigenvalue weighted by Gasteiger charge is 2.08. The molecule has 0 amide bonds. The van der Waals surface area contributed by atoms with Crippen molar-refractivity contribution < 1.29 is 13.9 Å². The van der Waals surface area contributed by atoms with E-state index >= 15 is 0 Å². The van der Waals surface area contributed by atoms with Crippen LogP contribution in [0.25, 0.3) is 0 Å². The van der Waals surface area contributed by atoms with Crippen LogP contribution in [0.15, 0.2) is 22.7 Å². The van der Waals surface area contributed by atoms with Crippen molar-refractivity contribution >= 4 is 21.7 Å². The number of carbonyl (C=O) groups excluding carboxylic acids is 1. The van der Waals surface area contributed by atoms with Crippen LogP contribution in [0.3, 0.4) is 0 Å². The van der Waals surface area contributed by atoms with Gasteiger partial charge in [0.15, 0.2) is 0 Å². The summed E-state index contributed by atoms with van der Waals surface area (Å²) in [5, 5.41) is 0. The van der Waals surface area contributed by atoms with E-state index in [0.717, 1.165) is 0 Å². The molecule has 0 N–H and O–H groups in total. The van der Waals surface area contributed by atoms with Crippen LogP contribution >= 0.6 is 15.9 Å². The molecule has 4 heteroatoms. The second kappa shape index (κ2) is 7.56. The Hall–Kier alpha value is -0.740. The summed E-state index contributed by atoms with van der Waals surface area (Å²) in [6.07, 6.45) is 1.30. The highest BCUT2D eigenvalue weighted by molar-refractivity contribution is 9.10. The van der Waals surface area contributed by atoms with Crippen molar-refractivity contribution in [2.24, 2.45) is 0 Å². The minimum Gasteiger partial charge on any atom is -0.382 e. The zero-order chi connectivity index (χ0) is 12.7. The van der Waals surface area contributed by atoms with Gasteiger partial charge in [-0.15, -0.1) is 0 Å². The quantitative estimate of drug-likeness (QED) is 0.720. The second-order valence-corrected chi connectivity index (χ2v) is 4.67.